The number of benzene rings is 2. The van der Waals surface area contributed by atoms with E-state index in [0.717, 1.165) is 5.56 Å². The molecule has 1 heterocycles. The van der Waals surface area contributed by atoms with Crippen LogP contribution in [0.5, 0.6) is 0 Å². The molecule has 1 amide bonds. The minimum atomic E-state index is -0.0407. The van der Waals surface area contributed by atoms with Crippen molar-refractivity contribution in [1.29, 1.82) is 0 Å². The number of hydrogen-bond donors (Lipinski definition) is 0. The summed E-state index contributed by atoms with van der Waals surface area (Å²) in [5, 5.41) is 0. The van der Waals surface area contributed by atoms with Gasteiger partial charge in [-0.1, -0.05) is 60.7 Å². The lowest BCUT2D eigenvalue weighted by molar-refractivity contribution is -0.153. The zero-order chi connectivity index (χ0) is 14.1. The van der Waals surface area contributed by atoms with E-state index >= 15 is 0 Å². The summed E-state index contributed by atoms with van der Waals surface area (Å²) in [5.41, 5.74) is 2.33. The molecule has 0 unspecified atom stereocenters. The van der Waals surface area contributed by atoms with Crippen molar-refractivity contribution in [2.75, 3.05) is 0 Å². The molecule has 102 valence electrons. The van der Waals surface area contributed by atoms with E-state index in [1.54, 1.807) is 0 Å². The standard InChI is InChI=1S/C18H19NO/c1-13(2)19-17(15-11-7-4-8-12-15)16(18(19)20)14-9-5-3-6-10-14/h3-13,16-17H,1-2H3/t16-,17-/m0/s1. The smallest absolute Gasteiger partial charge is 0.233 e. The Balaban J connectivity index is 2.00. The predicted octanol–water partition coefficient (Wildman–Crippen LogP) is 3.76. The third-order valence-electron chi connectivity index (χ3n) is 3.99. The molecule has 0 spiro atoms. The zero-order valence-electron chi connectivity index (χ0n) is 11.9. The van der Waals surface area contributed by atoms with Crippen molar-refractivity contribution in [3.8, 4) is 0 Å². The largest absolute Gasteiger partial charge is 0.331 e. The number of nitrogens with zero attached hydrogens (tertiary/aromatic N) is 1. The summed E-state index contributed by atoms with van der Waals surface area (Å²) < 4.78 is 0. The first kappa shape index (κ1) is 12.9. The van der Waals surface area contributed by atoms with Gasteiger partial charge in [0, 0.05) is 6.04 Å². The molecular formula is C18H19NO. The van der Waals surface area contributed by atoms with E-state index in [4.69, 9.17) is 0 Å². The minimum absolute atomic E-state index is 0.0407. The van der Waals surface area contributed by atoms with Crippen molar-refractivity contribution in [1.82, 2.24) is 4.90 Å². The lowest BCUT2D eigenvalue weighted by Gasteiger charge is -2.50. The van der Waals surface area contributed by atoms with Gasteiger partial charge in [-0.25, -0.2) is 0 Å². The molecule has 0 saturated carbocycles. The fraction of sp³-hybridized carbons (Fsp3) is 0.278. The molecule has 2 atom stereocenters. The summed E-state index contributed by atoms with van der Waals surface area (Å²) in [6, 6.07) is 20.8. The van der Waals surface area contributed by atoms with Crippen LogP contribution in [0.2, 0.25) is 0 Å². The Morgan fingerprint density at radius 2 is 1.35 bits per heavy atom. The second kappa shape index (κ2) is 5.12. The highest BCUT2D eigenvalue weighted by Crippen LogP contribution is 2.47. The SMILES string of the molecule is CC(C)N1C(=O)[C@@H](c2ccccc2)[C@@H]1c1ccccc1. The number of rotatable bonds is 3. The molecule has 2 aromatic rings. The van der Waals surface area contributed by atoms with Crippen LogP contribution in [0.15, 0.2) is 60.7 Å². The van der Waals surface area contributed by atoms with Gasteiger partial charge in [-0.2, -0.15) is 0 Å². The van der Waals surface area contributed by atoms with Crippen molar-refractivity contribution < 1.29 is 4.79 Å². The highest BCUT2D eigenvalue weighted by Gasteiger charge is 2.49. The van der Waals surface area contributed by atoms with Gasteiger partial charge in [-0.15, -0.1) is 0 Å². The van der Waals surface area contributed by atoms with E-state index in [1.165, 1.54) is 5.56 Å². The van der Waals surface area contributed by atoms with Crippen LogP contribution in [0.25, 0.3) is 0 Å². The molecule has 2 nitrogen and oxygen atoms in total. The summed E-state index contributed by atoms with van der Waals surface area (Å²) in [7, 11) is 0. The van der Waals surface area contributed by atoms with Crippen LogP contribution in [0, 0.1) is 0 Å². The van der Waals surface area contributed by atoms with Crippen molar-refractivity contribution in [2.24, 2.45) is 0 Å². The minimum Gasteiger partial charge on any atom is -0.331 e. The highest BCUT2D eigenvalue weighted by molar-refractivity contribution is 5.91. The summed E-state index contributed by atoms with van der Waals surface area (Å²) in [4.78, 5) is 14.5. The average molecular weight is 265 g/mol. The van der Waals surface area contributed by atoms with Gasteiger partial charge in [0.1, 0.15) is 0 Å². The second-order valence-corrected chi connectivity index (χ2v) is 5.58. The Morgan fingerprint density at radius 3 is 1.85 bits per heavy atom. The second-order valence-electron chi connectivity index (χ2n) is 5.58. The number of hydrogen-bond acceptors (Lipinski definition) is 1. The number of carbonyl (C=O) groups is 1. The van der Waals surface area contributed by atoms with Crippen LogP contribution < -0.4 is 0 Å². The van der Waals surface area contributed by atoms with Crippen molar-refractivity contribution in [3.05, 3.63) is 71.8 Å². The van der Waals surface area contributed by atoms with Gasteiger partial charge in [0.25, 0.3) is 0 Å². The van der Waals surface area contributed by atoms with Gasteiger partial charge in [0.2, 0.25) is 5.91 Å². The van der Waals surface area contributed by atoms with E-state index in [0.29, 0.717) is 0 Å². The fourth-order valence-corrected chi connectivity index (χ4v) is 3.08. The molecule has 1 aliphatic heterocycles. The monoisotopic (exact) mass is 265 g/mol. The third kappa shape index (κ3) is 2.01. The first-order chi connectivity index (χ1) is 9.70. The Labute approximate surface area is 120 Å². The Bertz CT molecular complexity index is 591. The Morgan fingerprint density at radius 1 is 0.850 bits per heavy atom. The lowest BCUT2D eigenvalue weighted by atomic mass is 9.77. The first-order valence-electron chi connectivity index (χ1n) is 7.12. The lowest BCUT2D eigenvalue weighted by Crippen LogP contribution is -2.56. The molecule has 3 rings (SSSR count). The van der Waals surface area contributed by atoms with Crippen LogP contribution in [-0.2, 0) is 4.79 Å². The van der Waals surface area contributed by atoms with Gasteiger partial charge in [-0.05, 0) is 25.0 Å². The van der Waals surface area contributed by atoms with E-state index in [-0.39, 0.29) is 23.9 Å². The van der Waals surface area contributed by atoms with Crippen LogP contribution >= 0.6 is 0 Å². The van der Waals surface area contributed by atoms with Gasteiger partial charge < -0.3 is 4.90 Å². The molecule has 20 heavy (non-hydrogen) atoms. The summed E-state index contributed by atoms with van der Waals surface area (Å²) in [6.07, 6.45) is 0. The molecule has 0 N–H and O–H groups in total. The van der Waals surface area contributed by atoms with Crippen LogP contribution in [0.1, 0.15) is 36.9 Å². The molecule has 1 saturated heterocycles. The van der Waals surface area contributed by atoms with E-state index in [9.17, 15) is 4.79 Å². The molecule has 0 aliphatic carbocycles. The van der Waals surface area contributed by atoms with Crippen molar-refractivity contribution in [2.45, 2.75) is 31.8 Å². The average Bonchev–Trinajstić information content (AvgIpc) is 2.46. The highest BCUT2D eigenvalue weighted by atomic mass is 16.2. The summed E-state index contributed by atoms with van der Waals surface area (Å²) in [5.74, 6) is 0.195. The van der Waals surface area contributed by atoms with Gasteiger partial charge >= 0.3 is 0 Å². The van der Waals surface area contributed by atoms with Crippen molar-refractivity contribution in [3.63, 3.8) is 0 Å². The number of likely N-dealkylation sites (tertiary alicyclic amines) is 1. The fourth-order valence-electron chi connectivity index (χ4n) is 3.08. The molecule has 2 aromatic carbocycles. The maximum atomic E-state index is 12.5. The molecule has 0 bridgehead atoms. The number of β-lactam (4-membered cyclic amide) rings is 1. The molecule has 2 heteroatoms. The summed E-state index contributed by atoms with van der Waals surface area (Å²) in [6.45, 7) is 4.16. The summed E-state index contributed by atoms with van der Waals surface area (Å²) >= 11 is 0. The zero-order valence-corrected chi connectivity index (χ0v) is 11.9. The van der Waals surface area contributed by atoms with Crippen LogP contribution in [0.3, 0.4) is 0 Å². The molecular weight excluding hydrogens is 246 g/mol. The quantitative estimate of drug-likeness (QED) is 0.774. The van der Waals surface area contributed by atoms with Gasteiger partial charge in [0.05, 0.1) is 12.0 Å². The van der Waals surface area contributed by atoms with E-state index < -0.39 is 0 Å². The predicted molar refractivity (Wildman–Crippen MR) is 80.3 cm³/mol. The van der Waals surface area contributed by atoms with Gasteiger partial charge in [-0.3, -0.25) is 4.79 Å². The van der Waals surface area contributed by atoms with E-state index in [2.05, 4.69) is 38.1 Å². The van der Waals surface area contributed by atoms with Crippen LogP contribution in [0.4, 0.5) is 0 Å². The third-order valence-corrected chi connectivity index (χ3v) is 3.99. The number of carbonyl (C=O) groups excluding carboxylic acids is 1. The van der Waals surface area contributed by atoms with Gasteiger partial charge in [0.15, 0.2) is 0 Å². The maximum Gasteiger partial charge on any atom is 0.233 e. The normalized spacial score (nSPS) is 21.9. The Kier molecular flexibility index (Phi) is 3.31. The topological polar surface area (TPSA) is 20.3 Å². The van der Waals surface area contributed by atoms with Crippen LogP contribution in [-0.4, -0.2) is 16.8 Å². The maximum absolute atomic E-state index is 12.5. The molecule has 0 aromatic heterocycles. The van der Waals surface area contributed by atoms with E-state index in [1.807, 2.05) is 41.3 Å². The molecule has 1 aliphatic rings. The molecule has 0 radical (unpaired) electrons. The Hall–Kier alpha value is -2.09. The van der Waals surface area contributed by atoms with Crippen molar-refractivity contribution >= 4 is 5.91 Å². The first-order valence-corrected chi connectivity index (χ1v) is 7.12. The molecule has 1 fully saturated rings. The number of amides is 1.